The minimum atomic E-state index is -2.97. The van der Waals surface area contributed by atoms with Crippen molar-refractivity contribution < 1.29 is 46.1 Å². The van der Waals surface area contributed by atoms with Crippen LogP contribution in [0.4, 0.5) is 0 Å². The third-order valence-corrected chi connectivity index (χ3v) is 19.1. The molecule has 0 fully saturated rings. The van der Waals surface area contributed by atoms with Gasteiger partial charge >= 0.3 is 308 Å². The summed E-state index contributed by atoms with van der Waals surface area (Å²) in [7, 11) is 0. The van der Waals surface area contributed by atoms with Crippen LogP contribution in [-0.4, -0.2) is 3.21 Å². The van der Waals surface area contributed by atoms with Gasteiger partial charge < -0.3 is 24.8 Å². The quantitative estimate of drug-likeness (QED) is 0.190. The SMILES string of the molecule is CCCC1C=C(C(C)(C)C)C=[C]1[Zr+2](=[C](c1ccccc1)c1ccccc1)[c]1c(C)c(C(C)(C)C)cc2c1Cc1cc(C)c(C(C)(C)C)cc1-2.[Cl-].[Cl-]. The largest absolute Gasteiger partial charge is 1.00 e. The topological polar surface area (TPSA) is 0 Å². The van der Waals surface area contributed by atoms with Crippen LogP contribution in [0.2, 0.25) is 0 Å². The van der Waals surface area contributed by atoms with Crippen molar-refractivity contribution in [3.8, 4) is 11.1 Å². The Morgan fingerprint density at radius 2 is 1.22 bits per heavy atom. The second-order valence-corrected chi connectivity index (χ2v) is 23.5. The Hall–Kier alpha value is -2.31. The van der Waals surface area contributed by atoms with Crippen molar-refractivity contribution in [3.63, 3.8) is 0 Å². The number of allylic oxidation sites excluding steroid dienone is 4. The predicted molar refractivity (Wildman–Crippen MR) is 211 cm³/mol. The molecule has 0 aromatic heterocycles. The summed E-state index contributed by atoms with van der Waals surface area (Å²) in [6.45, 7) is 28.8. The first-order valence-corrected chi connectivity index (χ1v) is 22.3. The van der Waals surface area contributed by atoms with Crippen LogP contribution in [-0.2, 0) is 38.5 Å². The molecule has 2 aliphatic rings. The molecule has 0 saturated heterocycles. The van der Waals surface area contributed by atoms with Crippen molar-refractivity contribution in [2.45, 2.75) is 113 Å². The third kappa shape index (κ3) is 8.13. The van der Waals surface area contributed by atoms with Crippen molar-refractivity contribution in [1.29, 1.82) is 0 Å². The molecule has 268 valence electrons. The van der Waals surface area contributed by atoms with Gasteiger partial charge in [-0.1, -0.05) is 0 Å². The number of aryl methyl sites for hydroxylation is 1. The molecule has 0 N–H and O–H groups in total. The Balaban J connectivity index is 0.00000292. The number of rotatable bonds is 6. The van der Waals surface area contributed by atoms with Gasteiger partial charge in [0.1, 0.15) is 0 Å². The summed E-state index contributed by atoms with van der Waals surface area (Å²) >= 11 is -2.97. The number of fused-ring (bicyclic) bond motifs is 3. The van der Waals surface area contributed by atoms with Crippen molar-refractivity contribution in [3.05, 3.63) is 144 Å². The Kier molecular flexibility index (Phi) is 12.7. The minimum Gasteiger partial charge on any atom is -1.00 e. The van der Waals surface area contributed by atoms with Gasteiger partial charge in [0.15, 0.2) is 0 Å². The van der Waals surface area contributed by atoms with Crippen LogP contribution in [0.5, 0.6) is 0 Å². The molecular formula is C48H58Cl2Zr. The number of halogens is 2. The van der Waals surface area contributed by atoms with E-state index in [1.54, 1.807) is 20.9 Å². The zero-order valence-electron chi connectivity index (χ0n) is 33.1. The summed E-state index contributed by atoms with van der Waals surface area (Å²) in [6, 6.07) is 30.6. The summed E-state index contributed by atoms with van der Waals surface area (Å²) in [5.74, 6) is 0.489. The van der Waals surface area contributed by atoms with E-state index in [0.717, 1.165) is 6.42 Å². The molecule has 1 unspecified atom stereocenters. The number of hydrogen-bond acceptors (Lipinski definition) is 0. The Morgan fingerprint density at radius 1 is 0.686 bits per heavy atom. The van der Waals surface area contributed by atoms with E-state index in [1.165, 1.54) is 62.9 Å². The molecule has 1 atom stereocenters. The molecule has 0 radical (unpaired) electrons. The summed E-state index contributed by atoms with van der Waals surface area (Å²) in [5, 5.41) is 0. The van der Waals surface area contributed by atoms with E-state index in [9.17, 15) is 0 Å². The summed E-state index contributed by atoms with van der Waals surface area (Å²) < 4.78 is 5.11. The fourth-order valence-corrected chi connectivity index (χ4v) is 17.5. The zero-order valence-corrected chi connectivity index (χ0v) is 37.1. The van der Waals surface area contributed by atoms with Gasteiger partial charge in [-0.15, -0.1) is 0 Å². The first kappa shape index (κ1) is 41.4. The predicted octanol–water partition coefficient (Wildman–Crippen LogP) is 6.28. The van der Waals surface area contributed by atoms with E-state index >= 15 is 0 Å². The van der Waals surface area contributed by atoms with Gasteiger partial charge in [-0.2, -0.15) is 0 Å². The summed E-state index contributed by atoms with van der Waals surface area (Å²) in [5.41, 5.74) is 16.6. The van der Waals surface area contributed by atoms with Gasteiger partial charge in [-0.3, -0.25) is 0 Å². The van der Waals surface area contributed by atoms with Gasteiger partial charge in [0, 0.05) is 0 Å². The van der Waals surface area contributed by atoms with Crippen LogP contribution in [0.1, 0.15) is 127 Å². The van der Waals surface area contributed by atoms with Gasteiger partial charge in [0.05, 0.1) is 0 Å². The number of benzene rings is 4. The van der Waals surface area contributed by atoms with Crippen LogP contribution in [0, 0.1) is 25.2 Å². The first-order chi connectivity index (χ1) is 23.0. The molecule has 0 bridgehead atoms. The van der Waals surface area contributed by atoms with E-state index in [2.05, 4.69) is 174 Å². The second-order valence-electron chi connectivity index (χ2n) is 17.8. The Morgan fingerprint density at radius 3 is 1.71 bits per heavy atom. The fraction of sp³-hybridized carbons (Fsp3) is 0.396. The van der Waals surface area contributed by atoms with E-state index in [4.69, 9.17) is 0 Å². The van der Waals surface area contributed by atoms with Gasteiger partial charge in [0.25, 0.3) is 0 Å². The fourth-order valence-electron chi connectivity index (χ4n) is 8.52. The maximum atomic E-state index is 2.71. The average Bonchev–Trinajstić information content (AvgIpc) is 3.60. The smallest absolute Gasteiger partial charge is 1.00 e. The molecule has 0 heterocycles. The summed E-state index contributed by atoms with van der Waals surface area (Å²) in [6.07, 6.45) is 8.81. The van der Waals surface area contributed by atoms with Crippen molar-refractivity contribution in [2.24, 2.45) is 11.3 Å². The molecule has 0 saturated carbocycles. The van der Waals surface area contributed by atoms with Crippen LogP contribution in [0.15, 0.2) is 99.9 Å². The van der Waals surface area contributed by atoms with Crippen molar-refractivity contribution >= 4 is 6.48 Å². The molecule has 51 heavy (non-hydrogen) atoms. The molecule has 0 spiro atoms. The van der Waals surface area contributed by atoms with E-state index < -0.39 is 21.3 Å². The Labute approximate surface area is 330 Å². The van der Waals surface area contributed by atoms with Crippen molar-refractivity contribution in [1.82, 2.24) is 0 Å². The molecule has 0 aliphatic heterocycles. The van der Waals surface area contributed by atoms with Crippen LogP contribution < -0.4 is 28.1 Å². The first-order valence-electron chi connectivity index (χ1n) is 18.6. The molecule has 0 amide bonds. The van der Waals surface area contributed by atoms with Gasteiger partial charge in [-0.25, -0.2) is 0 Å². The second kappa shape index (κ2) is 15.6. The third-order valence-electron chi connectivity index (χ3n) is 10.9. The van der Waals surface area contributed by atoms with E-state index in [-0.39, 0.29) is 41.1 Å². The van der Waals surface area contributed by atoms with Crippen LogP contribution in [0.25, 0.3) is 11.1 Å². The molecule has 6 rings (SSSR count). The minimum absolute atomic E-state index is 0. The molecule has 3 heteroatoms. The van der Waals surface area contributed by atoms with E-state index in [0.29, 0.717) is 5.92 Å². The molecule has 4 aromatic rings. The monoisotopic (exact) mass is 794 g/mol. The maximum absolute atomic E-state index is 2.97. The van der Waals surface area contributed by atoms with Crippen LogP contribution in [0.3, 0.4) is 0 Å². The zero-order chi connectivity index (χ0) is 35.5. The maximum Gasteiger partial charge on any atom is -1.00 e. The molecule has 0 nitrogen and oxygen atoms in total. The van der Waals surface area contributed by atoms with Crippen LogP contribution >= 0.6 is 0 Å². The molecule has 4 aromatic carbocycles. The average molecular weight is 797 g/mol. The summed E-state index contributed by atoms with van der Waals surface area (Å²) in [4.78, 5) is 0. The molecule has 2 aliphatic carbocycles. The molecular weight excluding hydrogens is 739 g/mol. The van der Waals surface area contributed by atoms with Gasteiger partial charge in [0.2, 0.25) is 0 Å². The van der Waals surface area contributed by atoms with Gasteiger partial charge in [-0.05, 0) is 0 Å². The normalized spacial score (nSPS) is 15.1. The van der Waals surface area contributed by atoms with Crippen molar-refractivity contribution in [2.75, 3.05) is 0 Å². The van der Waals surface area contributed by atoms with E-state index in [1.807, 2.05) is 0 Å². The standard InChI is InChI=1S/C23H29.C13H10.C12H19.2ClH.Zr/c1-14-9-16-11-17-10-15(2)21(23(6,7)8)13-19(17)18(16)12-20(14)22(3,4)5;1-3-7-12(8-4-1)11-13-9-5-2-6-10-13;1-5-6-10-7-8-11(9-10)12(2,3)4;;;/h9,12-13H,11H2,1-8H3;1-10H;8-10H,5-6H2,1-4H3;2*1H;/q;;;;;+2/p-2. The number of hydrogen-bond donors (Lipinski definition) is 0. The Bertz CT molecular complexity index is 1950.